The highest BCUT2D eigenvalue weighted by Gasteiger charge is 2.17. The average Bonchev–Trinajstić information content (AvgIpc) is 3.13. The number of benzene rings is 2. The van der Waals surface area contributed by atoms with Crippen LogP contribution in [0.1, 0.15) is 30.1 Å². The first-order chi connectivity index (χ1) is 13.0. The Morgan fingerprint density at radius 1 is 0.963 bits per heavy atom. The second kappa shape index (κ2) is 9.81. The first-order valence-corrected chi connectivity index (χ1v) is 10.0. The fraction of sp³-hybridized carbons (Fsp3) is 0.250. The summed E-state index contributed by atoms with van der Waals surface area (Å²) >= 11 is 24.7. The van der Waals surface area contributed by atoms with E-state index >= 15 is 0 Å². The zero-order valence-electron chi connectivity index (χ0n) is 14.4. The van der Waals surface area contributed by atoms with Gasteiger partial charge in [-0.1, -0.05) is 58.5 Å². The third kappa shape index (κ3) is 5.87. The number of hydrogen-bond acceptors (Lipinski definition) is 2. The summed E-state index contributed by atoms with van der Waals surface area (Å²) in [5.74, 6) is 0. The number of imidazole rings is 1. The minimum Gasteiger partial charge on any atom is -0.369 e. The van der Waals surface area contributed by atoms with Gasteiger partial charge < -0.3 is 9.30 Å². The molecule has 0 saturated carbocycles. The molecule has 0 aliphatic rings. The maximum atomic E-state index is 6.41. The van der Waals surface area contributed by atoms with Gasteiger partial charge in [-0.25, -0.2) is 4.98 Å². The van der Waals surface area contributed by atoms with Crippen LogP contribution in [0.15, 0.2) is 55.1 Å². The van der Waals surface area contributed by atoms with Crippen LogP contribution < -0.4 is 0 Å². The lowest BCUT2D eigenvalue weighted by Gasteiger charge is -2.20. The van der Waals surface area contributed by atoms with Crippen molar-refractivity contribution in [1.29, 1.82) is 0 Å². The molecule has 27 heavy (non-hydrogen) atoms. The summed E-state index contributed by atoms with van der Waals surface area (Å²) < 4.78 is 8.23. The van der Waals surface area contributed by atoms with Crippen molar-refractivity contribution in [1.82, 2.24) is 9.55 Å². The third-order valence-electron chi connectivity index (χ3n) is 4.21. The van der Waals surface area contributed by atoms with Gasteiger partial charge in [0.25, 0.3) is 0 Å². The molecule has 7 heteroatoms. The summed E-state index contributed by atoms with van der Waals surface area (Å²) in [4.78, 5) is 4.07. The highest BCUT2D eigenvalue weighted by Crippen LogP contribution is 2.33. The minimum atomic E-state index is -0.176. The molecule has 2 aromatic carbocycles. The van der Waals surface area contributed by atoms with Crippen molar-refractivity contribution in [2.75, 3.05) is 0 Å². The summed E-state index contributed by atoms with van der Waals surface area (Å²) in [6.07, 6.45) is 7.05. The van der Waals surface area contributed by atoms with Crippen LogP contribution >= 0.6 is 46.4 Å². The lowest BCUT2D eigenvalue weighted by molar-refractivity contribution is 0.0319. The number of aromatic nitrogens is 2. The van der Waals surface area contributed by atoms with Gasteiger partial charge in [-0.3, -0.25) is 0 Å². The summed E-state index contributed by atoms with van der Waals surface area (Å²) in [6, 6.07) is 10.9. The zero-order valence-corrected chi connectivity index (χ0v) is 17.4. The Labute approximate surface area is 178 Å². The lowest BCUT2D eigenvalue weighted by Crippen LogP contribution is -2.08. The highest BCUT2D eigenvalue weighted by atomic mass is 35.5. The number of rotatable bonds is 8. The van der Waals surface area contributed by atoms with Crippen molar-refractivity contribution in [3.63, 3.8) is 0 Å². The van der Waals surface area contributed by atoms with Crippen LogP contribution in [0.2, 0.25) is 20.1 Å². The van der Waals surface area contributed by atoms with Crippen molar-refractivity contribution in [3.05, 3.63) is 86.3 Å². The zero-order chi connectivity index (χ0) is 19.2. The maximum Gasteiger partial charge on any atom is 0.0945 e. The maximum absolute atomic E-state index is 6.41. The summed E-state index contributed by atoms with van der Waals surface area (Å²) in [7, 11) is 0. The normalized spacial score (nSPS) is 12.3. The van der Waals surface area contributed by atoms with E-state index in [1.807, 2.05) is 29.0 Å². The summed E-state index contributed by atoms with van der Waals surface area (Å²) in [5, 5.41) is 2.38. The molecule has 0 bridgehead atoms. The molecule has 1 aromatic heterocycles. The van der Waals surface area contributed by atoms with Crippen molar-refractivity contribution < 1.29 is 4.74 Å². The van der Waals surface area contributed by atoms with Gasteiger partial charge in [-0.2, -0.15) is 0 Å². The quantitative estimate of drug-likeness (QED) is 0.367. The molecule has 0 radical (unpaired) electrons. The smallest absolute Gasteiger partial charge is 0.0945 e. The van der Waals surface area contributed by atoms with Gasteiger partial charge >= 0.3 is 0 Å². The van der Waals surface area contributed by atoms with E-state index in [0.29, 0.717) is 26.7 Å². The van der Waals surface area contributed by atoms with E-state index in [9.17, 15) is 0 Å². The van der Waals surface area contributed by atoms with Crippen molar-refractivity contribution >= 4 is 46.4 Å². The van der Waals surface area contributed by atoms with Gasteiger partial charge in [0, 0.05) is 39.0 Å². The fourth-order valence-electron chi connectivity index (χ4n) is 2.80. The Kier molecular flexibility index (Phi) is 7.45. The van der Waals surface area contributed by atoms with Crippen LogP contribution in [0.5, 0.6) is 0 Å². The molecule has 3 nitrogen and oxygen atoms in total. The van der Waals surface area contributed by atoms with E-state index < -0.39 is 0 Å². The molecule has 0 aliphatic heterocycles. The van der Waals surface area contributed by atoms with Gasteiger partial charge in [-0.05, 0) is 48.2 Å². The number of aryl methyl sites for hydroxylation is 1. The van der Waals surface area contributed by atoms with Crippen molar-refractivity contribution in [2.45, 2.75) is 32.1 Å². The second-order valence-corrected chi connectivity index (χ2v) is 7.83. The molecule has 1 unspecified atom stereocenters. The topological polar surface area (TPSA) is 27.1 Å². The number of hydrogen-bond donors (Lipinski definition) is 0. The van der Waals surface area contributed by atoms with Crippen LogP contribution in [0.4, 0.5) is 0 Å². The standard InChI is InChI=1S/C20H18Cl4N2O/c21-15-4-3-14(18(23)10-15)12-27-20(2-1-8-26-9-7-25-13-26)17-6-5-16(22)11-19(17)24/h3-7,9-11,13,20H,1-2,8,12H2. The van der Waals surface area contributed by atoms with Crippen LogP contribution in [-0.2, 0) is 17.9 Å². The number of halogens is 4. The first-order valence-electron chi connectivity index (χ1n) is 8.49. The molecule has 0 amide bonds. The molecule has 0 saturated heterocycles. The van der Waals surface area contributed by atoms with Gasteiger partial charge in [-0.15, -0.1) is 0 Å². The van der Waals surface area contributed by atoms with Gasteiger partial charge in [0.15, 0.2) is 0 Å². The van der Waals surface area contributed by atoms with E-state index in [1.54, 1.807) is 30.7 Å². The molecule has 0 spiro atoms. The Bertz CT molecular complexity index is 884. The predicted molar refractivity (Wildman–Crippen MR) is 112 cm³/mol. The Hall–Kier alpha value is -1.23. The van der Waals surface area contributed by atoms with Crippen LogP contribution in [-0.4, -0.2) is 9.55 Å². The van der Waals surface area contributed by atoms with E-state index in [4.69, 9.17) is 51.1 Å². The lowest BCUT2D eigenvalue weighted by atomic mass is 10.0. The fourth-order valence-corrected chi connectivity index (χ4v) is 3.79. The molecule has 3 rings (SSSR count). The van der Waals surface area contributed by atoms with E-state index in [0.717, 1.165) is 30.5 Å². The van der Waals surface area contributed by atoms with Crippen LogP contribution in [0, 0.1) is 0 Å². The predicted octanol–water partition coefficient (Wildman–Crippen LogP) is 7.24. The highest BCUT2D eigenvalue weighted by molar-refractivity contribution is 6.35. The Morgan fingerprint density at radius 3 is 2.37 bits per heavy atom. The Balaban J connectivity index is 1.71. The SMILES string of the molecule is Clc1ccc(COC(CCCn2ccnc2)c2ccc(Cl)cc2Cl)c(Cl)c1. The summed E-state index contributed by atoms with van der Waals surface area (Å²) in [6.45, 7) is 1.22. The Morgan fingerprint density at radius 2 is 1.70 bits per heavy atom. The minimum absolute atomic E-state index is 0.176. The number of nitrogens with zero attached hydrogens (tertiary/aromatic N) is 2. The van der Waals surface area contributed by atoms with Gasteiger partial charge in [0.2, 0.25) is 0 Å². The van der Waals surface area contributed by atoms with E-state index in [1.165, 1.54) is 0 Å². The average molecular weight is 444 g/mol. The molecular weight excluding hydrogens is 426 g/mol. The molecule has 0 N–H and O–H groups in total. The van der Waals surface area contributed by atoms with E-state index in [-0.39, 0.29) is 6.10 Å². The monoisotopic (exact) mass is 442 g/mol. The molecule has 0 aliphatic carbocycles. The molecule has 142 valence electrons. The molecule has 3 aromatic rings. The largest absolute Gasteiger partial charge is 0.369 e. The second-order valence-electron chi connectivity index (χ2n) is 6.14. The van der Waals surface area contributed by atoms with Crippen molar-refractivity contribution in [3.8, 4) is 0 Å². The van der Waals surface area contributed by atoms with Gasteiger partial charge in [0.1, 0.15) is 0 Å². The van der Waals surface area contributed by atoms with Crippen molar-refractivity contribution in [2.24, 2.45) is 0 Å². The molecule has 1 atom stereocenters. The summed E-state index contributed by atoms with van der Waals surface area (Å²) in [5.41, 5.74) is 1.79. The molecule has 0 fully saturated rings. The van der Waals surface area contributed by atoms with E-state index in [2.05, 4.69) is 4.98 Å². The van der Waals surface area contributed by atoms with Crippen LogP contribution in [0.25, 0.3) is 0 Å². The third-order valence-corrected chi connectivity index (χ3v) is 5.36. The number of ether oxygens (including phenoxy) is 1. The molecule has 1 heterocycles. The molecular formula is C20H18Cl4N2O. The van der Waals surface area contributed by atoms with Gasteiger partial charge in [0.05, 0.1) is 19.0 Å². The van der Waals surface area contributed by atoms with Crippen LogP contribution in [0.3, 0.4) is 0 Å². The first kappa shape index (κ1) is 20.5.